The highest BCUT2D eigenvalue weighted by Gasteiger charge is 2.28. The van der Waals surface area contributed by atoms with Crippen LogP contribution >= 0.6 is 11.6 Å². The van der Waals surface area contributed by atoms with Gasteiger partial charge in [-0.1, -0.05) is 67.9 Å². The zero-order valence-electron chi connectivity index (χ0n) is 23.2. The summed E-state index contributed by atoms with van der Waals surface area (Å²) in [6.45, 7) is 7.82. The van der Waals surface area contributed by atoms with Crippen molar-refractivity contribution in [2.45, 2.75) is 75.5 Å². The first-order chi connectivity index (χ1) is 19.1. The molecule has 3 aromatic carbocycles. The lowest BCUT2D eigenvalue weighted by Crippen LogP contribution is -2.40. The van der Waals surface area contributed by atoms with Gasteiger partial charge < -0.3 is 15.4 Å². The summed E-state index contributed by atoms with van der Waals surface area (Å²) in [6, 6.07) is 20.2. The number of rotatable bonds is 12. The van der Waals surface area contributed by atoms with Crippen molar-refractivity contribution in [1.82, 2.24) is 15.4 Å². The molecule has 0 radical (unpaired) electrons. The van der Waals surface area contributed by atoms with Crippen molar-refractivity contribution in [3.8, 4) is 5.75 Å². The molecule has 3 aromatic rings. The number of amides is 1. The van der Waals surface area contributed by atoms with Gasteiger partial charge in [-0.05, 0) is 61.2 Å². The first-order valence-corrected chi connectivity index (χ1v) is 15.6. The molecule has 0 unspecified atom stereocenters. The van der Waals surface area contributed by atoms with Crippen molar-refractivity contribution in [3.63, 3.8) is 0 Å². The van der Waals surface area contributed by atoms with Crippen molar-refractivity contribution < 1.29 is 17.9 Å². The lowest BCUT2D eigenvalue weighted by atomic mass is 9.94. The van der Waals surface area contributed by atoms with Gasteiger partial charge in [0.25, 0.3) is 0 Å². The van der Waals surface area contributed by atoms with Crippen LogP contribution in [0, 0.1) is 0 Å². The molecule has 3 N–H and O–H groups in total. The van der Waals surface area contributed by atoms with Gasteiger partial charge in [-0.15, -0.1) is 0 Å². The molecular formula is C31H38ClN3O4S. The molecule has 0 fully saturated rings. The zero-order valence-corrected chi connectivity index (χ0v) is 24.8. The van der Waals surface area contributed by atoms with Crippen LogP contribution in [0.1, 0.15) is 75.2 Å². The average Bonchev–Trinajstić information content (AvgIpc) is 2.96. The van der Waals surface area contributed by atoms with Crippen LogP contribution in [-0.2, 0) is 21.4 Å². The third-order valence-corrected chi connectivity index (χ3v) is 9.49. The molecular weight excluding hydrogens is 546 g/mol. The Hall–Kier alpha value is -2.91. The SMILES string of the molecule is CCC(C)(CC)NCc1ccc2c(c1)OCC[C@H]2NC(=O)C[C@@H](NS(=O)(=O)c1ccc(Cl)cc1)c1ccccc1. The fourth-order valence-electron chi connectivity index (χ4n) is 4.73. The number of ether oxygens (including phenoxy) is 1. The molecule has 0 bridgehead atoms. The number of benzene rings is 3. The largest absolute Gasteiger partial charge is 0.493 e. The summed E-state index contributed by atoms with van der Waals surface area (Å²) >= 11 is 5.93. The van der Waals surface area contributed by atoms with Crippen molar-refractivity contribution >= 4 is 27.5 Å². The molecule has 0 saturated heterocycles. The van der Waals surface area contributed by atoms with E-state index >= 15 is 0 Å². The van der Waals surface area contributed by atoms with Crippen LogP contribution in [-0.4, -0.2) is 26.5 Å². The molecule has 0 spiro atoms. The summed E-state index contributed by atoms with van der Waals surface area (Å²) in [4.78, 5) is 13.4. The third-order valence-electron chi connectivity index (χ3n) is 7.75. The van der Waals surface area contributed by atoms with Gasteiger partial charge in [0.15, 0.2) is 0 Å². The van der Waals surface area contributed by atoms with Gasteiger partial charge >= 0.3 is 0 Å². The van der Waals surface area contributed by atoms with E-state index < -0.39 is 16.1 Å². The topological polar surface area (TPSA) is 96.5 Å². The van der Waals surface area contributed by atoms with E-state index in [0.29, 0.717) is 23.6 Å². The van der Waals surface area contributed by atoms with E-state index in [1.54, 1.807) is 0 Å². The molecule has 9 heteroatoms. The normalized spacial score (nSPS) is 16.1. The summed E-state index contributed by atoms with van der Waals surface area (Å²) in [5.41, 5.74) is 2.83. The van der Waals surface area contributed by atoms with E-state index in [-0.39, 0.29) is 28.8 Å². The van der Waals surface area contributed by atoms with Gasteiger partial charge in [-0.3, -0.25) is 4.79 Å². The Bertz CT molecular complexity index is 1390. The Balaban J connectivity index is 1.47. The second-order valence-electron chi connectivity index (χ2n) is 10.5. The molecule has 1 amide bonds. The molecule has 7 nitrogen and oxygen atoms in total. The number of carbonyl (C=O) groups is 1. The monoisotopic (exact) mass is 583 g/mol. The molecule has 0 saturated carbocycles. The highest BCUT2D eigenvalue weighted by atomic mass is 35.5. The maximum absolute atomic E-state index is 13.3. The summed E-state index contributed by atoms with van der Waals surface area (Å²) in [5, 5.41) is 7.20. The third kappa shape index (κ3) is 7.63. The van der Waals surface area contributed by atoms with Crippen molar-refractivity contribution in [3.05, 3.63) is 94.5 Å². The number of carbonyl (C=O) groups excluding carboxylic acids is 1. The maximum Gasteiger partial charge on any atom is 0.241 e. The molecule has 1 aliphatic heterocycles. The molecule has 40 heavy (non-hydrogen) atoms. The van der Waals surface area contributed by atoms with Crippen LogP contribution in [0.4, 0.5) is 0 Å². The Morgan fingerprint density at radius 3 is 2.42 bits per heavy atom. The number of nitrogens with one attached hydrogen (secondary N) is 3. The second-order valence-corrected chi connectivity index (χ2v) is 12.6. The average molecular weight is 584 g/mol. The standard InChI is InChI=1S/C31H38ClN3O4S/c1-4-31(3,5-2)33-21-22-11-16-26-27(17-18-39-29(26)19-22)34-30(36)20-28(23-9-7-6-8-10-23)35-40(37,38)25-14-12-24(32)13-15-25/h6-16,19,27-28,33,35H,4-5,17-18,20-21H2,1-3H3,(H,34,36)/t27-,28-/m1/s1. The zero-order chi connectivity index (χ0) is 28.8. The Morgan fingerprint density at radius 1 is 1.05 bits per heavy atom. The summed E-state index contributed by atoms with van der Waals surface area (Å²) in [5.74, 6) is 0.520. The minimum Gasteiger partial charge on any atom is -0.493 e. The van der Waals surface area contributed by atoms with Gasteiger partial charge in [-0.25, -0.2) is 13.1 Å². The van der Waals surface area contributed by atoms with E-state index in [4.69, 9.17) is 16.3 Å². The molecule has 214 valence electrons. The smallest absolute Gasteiger partial charge is 0.241 e. The van der Waals surface area contributed by atoms with Crippen LogP contribution in [0.5, 0.6) is 5.75 Å². The lowest BCUT2D eigenvalue weighted by Gasteiger charge is -2.30. The summed E-state index contributed by atoms with van der Waals surface area (Å²) in [6.07, 6.45) is 2.66. The predicted molar refractivity (Wildman–Crippen MR) is 159 cm³/mol. The lowest BCUT2D eigenvalue weighted by molar-refractivity contribution is -0.122. The van der Waals surface area contributed by atoms with E-state index in [9.17, 15) is 13.2 Å². The highest BCUT2D eigenvalue weighted by molar-refractivity contribution is 7.89. The van der Waals surface area contributed by atoms with E-state index in [2.05, 4.69) is 42.2 Å². The molecule has 1 aliphatic rings. The Labute approximate surface area is 242 Å². The van der Waals surface area contributed by atoms with Gasteiger partial charge in [0.05, 0.1) is 23.6 Å². The van der Waals surface area contributed by atoms with Crippen molar-refractivity contribution in [2.24, 2.45) is 0 Å². The molecule has 4 rings (SSSR count). The number of hydrogen-bond acceptors (Lipinski definition) is 5. The Morgan fingerprint density at radius 2 is 1.75 bits per heavy atom. The molecule has 2 atom stereocenters. The summed E-state index contributed by atoms with van der Waals surface area (Å²) in [7, 11) is -3.89. The highest BCUT2D eigenvalue weighted by Crippen LogP contribution is 2.33. The number of sulfonamides is 1. The van der Waals surface area contributed by atoms with Crippen LogP contribution < -0.4 is 20.1 Å². The summed E-state index contributed by atoms with van der Waals surface area (Å²) < 4.78 is 34.9. The fraction of sp³-hybridized carbons (Fsp3) is 0.387. The van der Waals surface area contributed by atoms with Crippen LogP contribution in [0.2, 0.25) is 5.02 Å². The second kappa shape index (κ2) is 13.2. The van der Waals surface area contributed by atoms with E-state index in [1.165, 1.54) is 24.3 Å². The molecule has 0 aliphatic carbocycles. The Kier molecular flexibility index (Phi) is 9.90. The van der Waals surface area contributed by atoms with Gasteiger partial charge in [0.1, 0.15) is 5.75 Å². The predicted octanol–water partition coefficient (Wildman–Crippen LogP) is 6.06. The number of fused-ring (bicyclic) bond motifs is 1. The fourth-order valence-corrected chi connectivity index (χ4v) is 6.08. The van der Waals surface area contributed by atoms with Gasteiger partial charge in [-0.2, -0.15) is 0 Å². The maximum atomic E-state index is 13.3. The minimum absolute atomic E-state index is 0.0574. The molecule has 1 heterocycles. The van der Waals surface area contributed by atoms with Crippen LogP contribution in [0.25, 0.3) is 0 Å². The van der Waals surface area contributed by atoms with E-state index in [1.807, 2.05) is 42.5 Å². The van der Waals surface area contributed by atoms with Crippen LogP contribution in [0.15, 0.2) is 77.7 Å². The minimum atomic E-state index is -3.89. The van der Waals surface area contributed by atoms with Gasteiger partial charge in [0, 0.05) is 35.5 Å². The first-order valence-electron chi connectivity index (χ1n) is 13.8. The van der Waals surface area contributed by atoms with Crippen molar-refractivity contribution in [2.75, 3.05) is 6.61 Å². The molecule has 0 aromatic heterocycles. The first kappa shape index (κ1) is 30.1. The van der Waals surface area contributed by atoms with Gasteiger partial charge in [0.2, 0.25) is 15.9 Å². The van der Waals surface area contributed by atoms with Crippen molar-refractivity contribution in [1.29, 1.82) is 0 Å². The number of halogens is 1. The number of hydrogen-bond donors (Lipinski definition) is 3. The quantitative estimate of drug-likeness (QED) is 0.241. The van der Waals surface area contributed by atoms with E-state index in [0.717, 1.165) is 36.3 Å². The van der Waals surface area contributed by atoms with Crippen LogP contribution in [0.3, 0.4) is 0 Å².